The molecule has 5 aliphatic rings. The number of rotatable bonds is 10. The monoisotopic (exact) mass is 885 g/mol. The lowest BCUT2D eigenvalue weighted by Crippen LogP contribution is -2.58. The van der Waals surface area contributed by atoms with Crippen LogP contribution in [0.3, 0.4) is 0 Å². The van der Waals surface area contributed by atoms with E-state index in [1.165, 1.54) is 19.8 Å². The molecule has 0 radical (unpaired) electrons. The van der Waals surface area contributed by atoms with Gasteiger partial charge in [-0.05, 0) is 126 Å². The predicted octanol–water partition coefficient (Wildman–Crippen LogP) is 8.45. The summed E-state index contributed by atoms with van der Waals surface area (Å²) in [6.45, 7) is 12.1. The third-order valence-corrected chi connectivity index (χ3v) is 15.3. The van der Waals surface area contributed by atoms with Crippen molar-refractivity contribution >= 4 is 46.6 Å². The first kappa shape index (κ1) is 44.3. The highest BCUT2D eigenvalue weighted by Gasteiger charge is 2.53. The maximum atomic E-state index is 14.4. The Hall–Kier alpha value is -5.92. The van der Waals surface area contributed by atoms with Crippen molar-refractivity contribution in [1.82, 2.24) is 30.4 Å². The summed E-state index contributed by atoms with van der Waals surface area (Å²) in [6, 6.07) is 16.7. The van der Waals surface area contributed by atoms with Gasteiger partial charge in [-0.3, -0.25) is 14.4 Å². The molecule has 4 N–H and O–H groups in total. The van der Waals surface area contributed by atoms with Crippen molar-refractivity contribution in [3.8, 4) is 22.3 Å². The number of aromatic nitrogens is 2. The summed E-state index contributed by atoms with van der Waals surface area (Å²) >= 11 is 0. The first-order valence-corrected chi connectivity index (χ1v) is 23.5. The molecule has 2 bridgehead atoms. The second-order valence-electron chi connectivity index (χ2n) is 20.2. The third kappa shape index (κ3) is 7.79. The molecule has 5 amide bonds. The van der Waals surface area contributed by atoms with Gasteiger partial charge in [0.2, 0.25) is 17.7 Å². The summed E-state index contributed by atoms with van der Waals surface area (Å²) in [7, 11) is 2.59. The average molecular weight is 886 g/mol. The van der Waals surface area contributed by atoms with Gasteiger partial charge < -0.3 is 40.2 Å². The minimum absolute atomic E-state index is 0.0408. The van der Waals surface area contributed by atoms with Gasteiger partial charge in [-0.15, -0.1) is 0 Å². The van der Waals surface area contributed by atoms with E-state index in [-0.39, 0.29) is 59.0 Å². The predicted molar refractivity (Wildman–Crippen MR) is 248 cm³/mol. The van der Waals surface area contributed by atoms with E-state index in [9.17, 15) is 24.0 Å². The molecule has 2 saturated heterocycles. The van der Waals surface area contributed by atoms with E-state index < -0.39 is 30.3 Å². The quantitative estimate of drug-likeness (QED) is 0.123. The minimum Gasteiger partial charge on any atom is -0.453 e. The molecule has 8 atom stereocenters. The van der Waals surface area contributed by atoms with Crippen LogP contribution in [0, 0.1) is 23.7 Å². The van der Waals surface area contributed by atoms with Crippen molar-refractivity contribution < 1.29 is 33.4 Å². The lowest BCUT2D eigenvalue weighted by atomic mass is 9.81. The number of aromatic amines is 1. The van der Waals surface area contributed by atoms with E-state index in [1.54, 1.807) is 4.90 Å². The standard InChI is InChI=1S/C51H63N7O7/c1-26(2)42(55-49(62)64-7)47(60)57-33-17-13-31(21-33)44(57)46(59)52-32-16-19-35-34-18-14-28(22-36(34)51(5,6)37(35)25-32)29-15-20-38-39(23-29)54-45(53-38)41-24-30-11-9-10-12-40(30)58(41)48(61)43(27(3)4)56-50(63)65-8/h14-16,18-20,22-23,25-27,30-31,33,40-44H,9-13,17,21,24H2,1-8H3,(H,52,59)(H,53,54)(H,55,62)(H,56,63)/t30?,31-,33+,40?,41-,42-,43-,44-/m0/s1. The number of benzene rings is 3. The van der Waals surface area contributed by atoms with Crippen molar-refractivity contribution in [2.75, 3.05) is 19.5 Å². The Morgan fingerprint density at radius 3 is 2.02 bits per heavy atom. The summed E-state index contributed by atoms with van der Waals surface area (Å²) in [6.07, 6.45) is 6.26. The molecular formula is C51H63N7O7. The first-order chi connectivity index (χ1) is 31.1. The van der Waals surface area contributed by atoms with Crippen LogP contribution in [0.15, 0.2) is 54.6 Å². The van der Waals surface area contributed by atoms with Gasteiger partial charge >= 0.3 is 12.2 Å². The maximum Gasteiger partial charge on any atom is 0.407 e. The molecule has 65 heavy (non-hydrogen) atoms. The second-order valence-corrected chi connectivity index (χ2v) is 20.2. The van der Waals surface area contributed by atoms with E-state index in [2.05, 4.69) is 83.3 Å². The number of amides is 5. The minimum atomic E-state index is -0.800. The molecular weight excluding hydrogens is 823 g/mol. The smallest absolute Gasteiger partial charge is 0.407 e. The molecule has 1 aromatic heterocycles. The zero-order valence-corrected chi connectivity index (χ0v) is 38.8. The van der Waals surface area contributed by atoms with Crippen molar-refractivity contribution in [2.45, 2.75) is 135 Å². The molecule has 14 heteroatoms. The number of hydrogen-bond donors (Lipinski definition) is 4. The third-order valence-electron chi connectivity index (χ3n) is 15.3. The van der Waals surface area contributed by atoms with Crippen LogP contribution < -0.4 is 16.0 Å². The van der Waals surface area contributed by atoms with Crippen molar-refractivity contribution in [3.05, 3.63) is 71.5 Å². The molecule has 2 aliphatic heterocycles. The van der Waals surface area contributed by atoms with E-state index in [0.717, 1.165) is 96.0 Å². The molecule has 0 spiro atoms. The Morgan fingerprint density at radius 2 is 1.34 bits per heavy atom. The summed E-state index contributed by atoms with van der Waals surface area (Å²) in [5.41, 5.74) is 8.66. The topological polar surface area (TPSA) is 175 Å². The Morgan fingerprint density at radius 1 is 0.723 bits per heavy atom. The van der Waals surface area contributed by atoms with Crippen molar-refractivity contribution in [2.24, 2.45) is 23.7 Å². The highest BCUT2D eigenvalue weighted by atomic mass is 16.5. The normalized spacial score (nSPS) is 24.6. The van der Waals surface area contributed by atoms with Crippen LogP contribution in [0.1, 0.15) is 116 Å². The number of H-pyrrole nitrogens is 1. The summed E-state index contributed by atoms with van der Waals surface area (Å²) in [5, 5.41) is 8.70. The molecule has 3 aliphatic carbocycles. The lowest BCUT2D eigenvalue weighted by Gasteiger charge is -2.37. The van der Waals surface area contributed by atoms with Gasteiger partial charge in [0.05, 0.1) is 31.3 Å². The fourth-order valence-corrected chi connectivity index (χ4v) is 12.0. The number of hydrogen-bond acceptors (Lipinski definition) is 8. The van der Waals surface area contributed by atoms with Gasteiger partial charge in [0.15, 0.2) is 0 Å². The van der Waals surface area contributed by atoms with Crippen molar-refractivity contribution in [3.63, 3.8) is 0 Å². The Bertz CT molecular complexity index is 2550. The Balaban J connectivity index is 0.950. The van der Waals surface area contributed by atoms with E-state index in [0.29, 0.717) is 11.6 Å². The van der Waals surface area contributed by atoms with Crippen LogP contribution in [0.5, 0.6) is 0 Å². The number of alkyl carbamates (subject to hydrolysis) is 2. The number of nitrogens with zero attached hydrogens (tertiary/aromatic N) is 3. The summed E-state index contributed by atoms with van der Waals surface area (Å²) in [5.74, 6) is 0.341. The Kier molecular flexibility index (Phi) is 11.7. The van der Waals surface area contributed by atoms with Crippen LogP contribution in [0.2, 0.25) is 0 Å². The van der Waals surface area contributed by atoms with Crippen molar-refractivity contribution in [1.29, 1.82) is 0 Å². The van der Waals surface area contributed by atoms with E-state index in [1.807, 2.05) is 38.7 Å². The van der Waals surface area contributed by atoms with Crippen LogP contribution in [0.4, 0.5) is 15.3 Å². The van der Waals surface area contributed by atoms with E-state index in [4.69, 9.17) is 14.5 Å². The van der Waals surface area contributed by atoms with Crippen LogP contribution >= 0.6 is 0 Å². The molecule has 3 aromatic carbocycles. The largest absolute Gasteiger partial charge is 0.453 e. The fourth-order valence-electron chi connectivity index (χ4n) is 12.0. The number of carbonyl (C=O) groups is 5. The van der Waals surface area contributed by atoms with Crippen LogP contribution in [0.25, 0.3) is 33.3 Å². The molecule has 2 unspecified atom stereocenters. The highest BCUT2D eigenvalue weighted by Crippen LogP contribution is 2.51. The number of piperidine rings is 1. The zero-order chi connectivity index (χ0) is 46.1. The molecule has 9 rings (SSSR count). The summed E-state index contributed by atoms with van der Waals surface area (Å²) in [4.78, 5) is 79.6. The summed E-state index contributed by atoms with van der Waals surface area (Å²) < 4.78 is 9.71. The van der Waals surface area contributed by atoms with Gasteiger partial charge in [-0.1, -0.05) is 78.6 Å². The number of likely N-dealkylation sites (tertiary alicyclic amines) is 2. The number of fused-ring (bicyclic) bond motifs is 7. The van der Waals surface area contributed by atoms with Crippen LogP contribution in [-0.4, -0.2) is 94.1 Å². The maximum absolute atomic E-state index is 14.4. The van der Waals surface area contributed by atoms with Gasteiger partial charge in [0, 0.05) is 23.2 Å². The number of carbonyl (C=O) groups excluding carboxylic acids is 5. The number of imidazole rings is 1. The van der Waals surface area contributed by atoms with Crippen LogP contribution in [-0.2, 0) is 29.3 Å². The second kappa shape index (κ2) is 17.1. The van der Waals surface area contributed by atoms with Gasteiger partial charge in [-0.2, -0.15) is 0 Å². The molecule has 14 nitrogen and oxygen atoms in total. The molecule has 2 saturated carbocycles. The van der Waals surface area contributed by atoms with Gasteiger partial charge in [0.25, 0.3) is 0 Å². The van der Waals surface area contributed by atoms with Gasteiger partial charge in [-0.25, -0.2) is 14.6 Å². The van der Waals surface area contributed by atoms with E-state index >= 15 is 0 Å². The number of nitrogens with one attached hydrogen (secondary N) is 4. The molecule has 4 fully saturated rings. The molecule has 344 valence electrons. The van der Waals surface area contributed by atoms with Gasteiger partial charge in [0.1, 0.15) is 23.9 Å². The average Bonchev–Trinajstić information content (AvgIpc) is 4.13. The SMILES string of the molecule is COC(=O)N[C@H](C(=O)N1C2CCCCC2C[C@H]1c1nc2cc(-c3ccc4c(c3)C(C)(C)c3cc(NC(=O)[C@@H]5[C@H]6CC[C@H](C6)N5C(=O)[C@@H](NC(=O)OC)C(C)C)ccc3-4)ccc2[nH]1)C(C)C. The fraction of sp³-hybridized carbons (Fsp3) is 0.529. The highest BCUT2D eigenvalue weighted by molar-refractivity contribution is 6.00. The molecule has 4 aromatic rings. The number of methoxy groups -OCH3 is 2. The first-order valence-electron chi connectivity index (χ1n) is 23.5. The molecule has 3 heterocycles. The Labute approximate surface area is 381 Å². The lowest BCUT2D eigenvalue weighted by molar-refractivity contribution is -0.143. The number of ether oxygens (including phenoxy) is 2. The number of anilines is 1. The zero-order valence-electron chi connectivity index (χ0n) is 38.8.